The highest BCUT2D eigenvalue weighted by atomic mass is 16.5. The molecule has 6 nitrogen and oxygen atoms in total. The molecule has 1 aliphatic rings. The number of hydrogen-bond acceptors (Lipinski definition) is 4. The predicted molar refractivity (Wildman–Crippen MR) is 93.2 cm³/mol. The Labute approximate surface area is 143 Å². The van der Waals surface area contributed by atoms with E-state index in [-0.39, 0.29) is 23.5 Å². The number of amides is 1. The second-order valence-electron chi connectivity index (χ2n) is 6.57. The molecule has 1 N–H and O–H groups in total. The number of aromatic nitrogens is 1. The Hall–Kier alpha value is -1.66. The van der Waals surface area contributed by atoms with E-state index in [4.69, 9.17) is 9.47 Å². The van der Waals surface area contributed by atoms with Crippen molar-refractivity contribution >= 4 is 11.6 Å². The fourth-order valence-corrected chi connectivity index (χ4v) is 2.79. The summed E-state index contributed by atoms with van der Waals surface area (Å²) >= 11 is 0. The molecule has 6 heteroatoms. The molecule has 2 heterocycles. The van der Waals surface area contributed by atoms with Gasteiger partial charge in [0.25, 0.3) is 11.5 Å². The Morgan fingerprint density at radius 1 is 1.46 bits per heavy atom. The van der Waals surface area contributed by atoms with Gasteiger partial charge in [0.05, 0.1) is 18.4 Å². The number of carbonyl (C=O) groups is 1. The van der Waals surface area contributed by atoms with Crippen molar-refractivity contribution in [2.24, 2.45) is 5.92 Å². The van der Waals surface area contributed by atoms with Crippen molar-refractivity contribution in [2.45, 2.75) is 58.8 Å². The topological polar surface area (TPSA) is 69.6 Å². The highest BCUT2D eigenvalue weighted by Crippen LogP contribution is 2.16. The molecule has 1 amide bonds. The van der Waals surface area contributed by atoms with Gasteiger partial charge in [0.1, 0.15) is 6.10 Å². The lowest BCUT2D eigenvalue weighted by Crippen LogP contribution is -2.37. The van der Waals surface area contributed by atoms with Crippen LogP contribution in [0.2, 0.25) is 0 Å². The highest BCUT2D eigenvalue weighted by Gasteiger charge is 2.26. The van der Waals surface area contributed by atoms with E-state index in [1.165, 1.54) is 6.07 Å². The second kappa shape index (κ2) is 8.99. The van der Waals surface area contributed by atoms with Gasteiger partial charge in [-0.3, -0.25) is 9.59 Å². The molecule has 1 fully saturated rings. The van der Waals surface area contributed by atoms with Gasteiger partial charge < -0.3 is 19.4 Å². The minimum atomic E-state index is -0.541. The van der Waals surface area contributed by atoms with Crippen molar-refractivity contribution in [1.82, 2.24) is 4.57 Å². The van der Waals surface area contributed by atoms with E-state index in [1.54, 1.807) is 16.8 Å². The standard InChI is InChI=1S/C18H28N2O4/c1-4-9-20-11-14(7-8-16(20)21)19-18(22)17(13(2)3)24-12-15-6-5-10-23-15/h7-8,11,13,15,17H,4-6,9-10,12H2,1-3H3,(H,19,22)/t15-,17-/m0/s1. The lowest BCUT2D eigenvalue weighted by Gasteiger charge is -2.22. The molecule has 24 heavy (non-hydrogen) atoms. The van der Waals surface area contributed by atoms with E-state index in [0.29, 0.717) is 18.8 Å². The van der Waals surface area contributed by atoms with E-state index in [9.17, 15) is 9.59 Å². The van der Waals surface area contributed by atoms with Gasteiger partial charge in [-0.25, -0.2) is 0 Å². The van der Waals surface area contributed by atoms with Crippen molar-refractivity contribution in [2.75, 3.05) is 18.5 Å². The Morgan fingerprint density at radius 3 is 2.88 bits per heavy atom. The van der Waals surface area contributed by atoms with Crippen molar-refractivity contribution in [3.8, 4) is 0 Å². The summed E-state index contributed by atoms with van der Waals surface area (Å²) in [5.41, 5.74) is 0.546. The van der Waals surface area contributed by atoms with E-state index in [2.05, 4.69) is 5.32 Å². The molecule has 0 aromatic carbocycles. The molecule has 1 saturated heterocycles. The molecule has 0 bridgehead atoms. The number of aryl methyl sites for hydroxylation is 1. The third-order valence-electron chi connectivity index (χ3n) is 4.07. The number of nitrogens with one attached hydrogen (secondary N) is 1. The number of carbonyl (C=O) groups excluding carboxylic acids is 1. The molecule has 134 valence electrons. The largest absolute Gasteiger partial charge is 0.376 e. The summed E-state index contributed by atoms with van der Waals surface area (Å²) in [4.78, 5) is 24.3. The quantitative estimate of drug-likeness (QED) is 0.791. The fourth-order valence-electron chi connectivity index (χ4n) is 2.79. The lowest BCUT2D eigenvalue weighted by molar-refractivity contribution is -0.132. The first kappa shape index (κ1) is 18.7. The average molecular weight is 336 g/mol. The highest BCUT2D eigenvalue weighted by molar-refractivity contribution is 5.94. The normalized spacial score (nSPS) is 18.8. The van der Waals surface area contributed by atoms with Gasteiger partial charge in [-0.15, -0.1) is 0 Å². The van der Waals surface area contributed by atoms with Crippen molar-refractivity contribution < 1.29 is 14.3 Å². The Balaban J connectivity index is 1.98. The van der Waals surface area contributed by atoms with Crippen LogP contribution in [0.5, 0.6) is 0 Å². The van der Waals surface area contributed by atoms with E-state index in [1.807, 2.05) is 20.8 Å². The maximum absolute atomic E-state index is 12.5. The van der Waals surface area contributed by atoms with Crippen LogP contribution in [-0.4, -0.2) is 35.9 Å². The molecule has 0 unspecified atom stereocenters. The molecule has 2 rings (SSSR count). The average Bonchev–Trinajstić information content (AvgIpc) is 3.04. The van der Waals surface area contributed by atoms with Crippen LogP contribution in [-0.2, 0) is 20.8 Å². The summed E-state index contributed by atoms with van der Waals surface area (Å²) in [6, 6.07) is 3.10. The third-order valence-corrected chi connectivity index (χ3v) is 4.07. The van der Waals surface area contributed by atoms with Crippen LogP contribution < -0.4 is 10.9 Å². The van der Waals surface area contributed by atoms with Gasteiger partial charge in [-0.2, -0.15) is 0 Å². The van der Waals surface area contributed by atoms with Crippen LogP contribution in [0.25, 0.3) is 0 Å². The monoisotopic (exact) mass is 336 g/mol. The molecular formula is C18H28N2O4. The number of hydrogen-bond donors (Lipinski definition) is 1. The van der Waals surface area contributed by atoms with Gasteiger partial charge in [-0.1, -0.05) is 20.8 Å². The van der Waals surface area contributed by atoms with Crippen LogP contribution in [0.15, 0.2) is 23.1 Å². The number of rotatable bonds is 8. The summed E-state index contributed by atoms with van der Waals surface area (Å²) in [6.45, 7) is 7.75. The first-order chi connectivity index (χ1) is 11.5. The summed E-state index contributed by atoms with van der Waals surface area (Å²) in [5.74, 6) is -0.141. The van der Waals surface area contributed by atoms with Gasteiger partial charge in [0.15, 0.2) is 0 Å². The predicted octanol–water partition coefficient (Wildman–Crippen LogP) is 2.42. The first-order valence-corrected chi connectivity index (χ1v) is 8.75. The Bertz CT molecular complexity index is 591. The summed E-state index contributed by atoms with van der Waals surface area (Å²) in [6.07, 6.45) is 4.11. The molecule has 1 aliphatic heterocycles. The van der Waals surface area contributed by atoms with Crippen LogP contribution in [0.4, 0.5) is 5.69 Å². The maximum atomic E-state index is 12.5. The smallest absolute Gasteiger partial charge is 0.253 e. The molecule has 0 saturated carbocycles. The third kappa shape index (κ3) is 5.18. The Kier molecular flexibility index (Phi) is 6.99. The number of pyridine rings is 1. The van der Waals surface area contributed by atoms with Gasteiger partial charge in [0, 0.05) is 25.4 Å². The number of nitrogens with zero attached hydrogens (tertiary/aromatic N) is 1. The van der Waals surface area contributed by atoms with Crippen molar-refractivity contribution in [3.63, 3.8) is 0 Å². The molecule has 1 aromatic heterocycles. The zero-order chi connectivity index (χ0) is 17.5. The zero-order valence-corrected chi connectivity index (χ0v) is 14.8. The minimum absolute atomic E-state index is 0.0490. The zero-order valence-electron chi connectivity index (χ0n) is 14.8. The lowest BCUT2D eigenvalue weighted by atomic mass is 10.1. The van der Waals surface area contributed by atoms with Crippen LogP contribution >= 0.6 is 0 Å². The molecule has 2 atom stereocenters. The molecule has 1 aromatic rings. The molecule has 0 aliphatic carbocycles. The molecule has 0 spiro atoms. The van der Waals surface area contributed by atoms with Crippen molar-refractivity contribution in [3.05, 3.63) is 28.7 Å². The SMILES string of the molecule is CCCn1cc(NC(=O)[C@@H](OC[C@@H]2CCCO2)C(C)C)ccc1=O. The van der Waals surface area contributed by atoms with Gasteiger partial charge >= 0.3 is 0 Å². The van der Waals surface area contributed by atoms with E-state index >= 15 is 0 Å². The summed E-state index contributed by atoms with van der Waals surface area (Å²) < 4.78 is 13.0. The Morgan fingerprint density at radius 2 is 2.25 bits per heavy atom. The minimum Gasteiger partial charge on any atom is -0.376 e. The van der Waals surface area contributed by atoms with E-state index < -0.39 is 6.10 Å². The second-order valence-corrected chi connectivity index (χ2v) is 6.57. The molecular weight excluding hydrogens is 308 g/mol. The van der Waals surface area contributed by atoms with Crippen LogP contribution in [0, 0.1) is 5.92 Å². The van der Waals surface area contributed by atoms with Gasteiger partial charge in [-0.05, 0) is 31.2 Å². The van der Waals surface area contributed by atoms with Crippen LogP contribution in [0.1, 0.15) is 40.0 Å². The summed E-state index contributed by atoms with van der Waals surface area (Å²) in [7, 11) is 0. The number of ether oxygens (including phenoxy) is 2. The van der Waals surface area contributed by atoms with E-state index in [0.717, 1.165) is 25.9 Å². The van der Waals surface area contributed by atoms with Crippen LogP contribution in [0.3, 0.4) is 0 Å². The first-order valence-electron chi connectivity index (χ1n) is 8.75. The maximum Gasteiger partial charge on any atom is 0.253 e. The fraction of sp³-hybridized carbons (Fsp3) is 0.667. The van der Waals surface area contributed by atoms with Crippen molar-refractivity contribution in [1.29, 1.82) is 0 Å². The number of anilines is 1. The molecule has 0 radical (unpaired) electrons. The van der Waals surface area contributed by atoms with Gasteiger partial charge in [0.2, 0.25) is 0 Å². The summed E-state index contributed by atoms with van der Waals surface area (Å²) in [5, 5.41) is 2.86.